The van der Waals surface area contributed by atoms with Gasteiger partial charge in [0, 0.05) is 0 Å². The molecule has 0 aromatic heterocycles. The van der Waals surface area contributed by atoms with Gasteiger partial charge in [-0.15, -0.1) is 0 Å². The van der Waals surface area contributed by atoms with Crippen LogP contribution in [0.15, 0.2) is 22.7 Å². The van der Waals surface area contributed by atoms with Gasteiger partial charge in [-0.2, -0.15) is 0 Å². The summed E-state index contributed by atoms with van der Waals surface area (Å²) >= 11 is 3.25. The molecular formula is C12H13BrO5. The number of benzene rings is 1. The Balaban J connectivity index is 2.86. The molecule has 0 saturated carbocycles. The zero-order chi connectivity index (χ0) is 13.5. The van der Waals surface area contributed by atoms with Crippen LogP contribution in [0.3, 0.4) is 0 Å². The number of ether oxygens (including phenoxy) is 3. The lowest BCUT2D eigenvalue weighted by molar-refractivity contribution is -0.145. The maximum absolute atomic E-state index is 11.5. The maximum atomic E-state index is 11.5. The number of halogens is 1. The van der Waals surface area contributed by atoms with E-state index in [1.165, 1.54) is 7.11 Å². The molecule has 0 unspecified atom stereocenters. The van der Waals surface area contributed by atoms with E-state index in [1.54, 1.807) is 25.1 Å². The molecule has 6 heteroatoms. The van der Waals surface area contributed by atoms with Gasteiger partial charge in [0.1, 0.15) is 11.3 Å². The third-order valence-corrected chi connectivity index (χ3v) is 2.64. The molecule has 0 N–H and O–H groups in total. The number of esters is 2. The third kappa shape index (κ3) is 3.73. The standard InChI is InChI=1S/C12H13BrO5/c1-3-17-10(14)7-18-11-8(12(15)16-2)5-4-6-9(11)13/h4-6H,3,7H2,1-2H3. The Labute approximate surface area is 113 Å². The first-order valence-corrected chi connectivity index (χ1v) is 6.04. The van der Waals surface area contributed by atoms with Crippen molar-refractivity contribution in [2.24, 2.45) is 0 Å². The van der Waals surface area contributed by atoms with E-state index >= 15 is 0 Å². The third-order valence-electron chi connectivity index (χ3n) is 2.01. The predicted molar refractivity (Wildman–Crippen MR) is 67.6 cm³/mol. The molecule has 0 aliphatic heterocycles. The van der Waals surface area contributed by atoms with E-state index in [1.807, 2.05) is 0 Å². The van der Waals surface area contributed by atoms with Crippen LogP contribution in [0.25, 0.3) is 0 Å². The molecule has 0 spiro atoms. The first-order chi connectivity index (χ1) is 8.60. The Morgan fingerprint density at radius 3 is 2.67 bits per heavy atom. The van der Waals surface area contributed by atoms with E-state index in [9.17, 15) is 9.59 Å². The van der Waals surface area contributed by atoms with Gasteiger partial charge in [0.05, 0.1) is 18.2 Å². The van der Waals surface area contributed by atoms with Crippen molar-refractivity contribution >= 4 is 27.9 Å². The molecule has 0 heterocycles. The van der Waals surface area contributed by atoms with Gasteiger partial charge in [0.2, 0.25) is 0 Å². The number of methoxy groups -OCH3 is 1. The quantitative estimate of drug-likeness (QED) is 0.779. The molecule has 0 saturated heterocycles. The Morgan fingerprint density at radius 2 is 2.06 bits per heavy atom. The van der Waals surface area contributed by atoms with Gasteiger partial charge < -0.3 is 14.2 Å². The Bertz CT molecular complexity index is 444. The highest BCUT2D eigenvalue weighted by molar-refractivity contribution is 9.10. The molecule has 0 aliphatic carbocycles. The van der Waals surface area contributed by atoms with E-state index in [0.717, 1.165) is 0 Å². The summed E-state index contributed by atoms with van der Waals surface area (Å²) < 4.78 is 15.2. The van der Waals surface area contributed by atoms with Gasteiger partial charge in [-0.1, -0.05) is 6.07 Å². The number of carbonyl (C=O) groups is 2. The number of para-hydroxylation sites is 1. The lowest BCUT2D eigenvalue weighted by Crippen LogP contribution is -2.16. The fourth-order valence-electron chi connectivity index (χ4n) is 1.26. The average molecular weight is 317 g/mol. The molecule has 1 aromatic carbocycles. The Kier molecular flexibility index (Phi) is 5.64. The number of hydrogen-bond donors (Lipinski definition) is 0. The lowest BCUT2D eigenvalue weighted by atomic mass is 10.2. The van der Waals surface area contributed by atoms with Crippen molar-refractivity contribution in [3.8, 4) is 5.75 Å². The van der Waals surface area contributed by atoms with Crippen molar-refractivity contribution in [3.63, 3.8) is 0 Å². The first-order valence-electron chi connectivity index (χ1n) is 5.25. The van der Waals surface area contributed by atoms with E-state index in [0.29, 0.717) is 4.47 Å². The average Bonchev–Trinajstić information content (AvgIpc) is 2.36. The summed E-state index contributed by atoms with van der Waals surface area (Å²) in [5.41, 5.74) is 0.246. The number of carbonyl (C=O) groups excluding carboxylic acids is 2. The Morgan fingerprint density at radius 1 is 1.33 bits per heavy atom. The van der Waals surface area contributed by atoms with Crippen molar-refractivity contribution < 1.29 is 23.8 Å². The van der Waals surface area contributed by atoms with Gasteiger partial charge in [-0.05, 0) is 35.0 Å². The molecule has 98 valence electrons. The topological polar surface area (TPSA) is 61.8 Å². The molecule has 0 amide bonds. The highest BCUT2D eigenvalue weighted by Crippen LogP contribution is 2.29. The van der Waals surface area contributed by atoms with Crippen LogP contribution in [0.4, 0.5) is 0 Å². The van der Waals surface area contributed by atoms with Crippen LogP contribution in [-0.4, -0.2) is 32.3 Å². The molecule has 1 rings (SSSR count). The van der Waals surface area contributed by atoms with Crippen LogP contribution >= 0.6 is 15.9 Å². The predicted octanol–water partition coefficient (Wildman–Crippen LogP) is 2.18. The molecule has 0 fully saturated rings. The van der Waals surface area contributed by atoms with E-state index in [2.05, 4.69) is 20.7 Å². The van der Waals surface area contributed by atoms with Crippen LogP contribution in [0.2, 0.25) is 0 Å². The van der Waals surface area contributed by atoms with Crippen molar-refractivity contribution in [1.29, 1.82) is 0 Å². The lowest BCUT2D eigenvalue weighted by Gasteiger charge is -2.11. The van der Waals surface area contributed by atoms with Crippen molar-refractivity contribution in [1.82, 2.24) is 0 Å². The fourth-order valence-corrected chi connectivity index (χ4v) is 1.74. The zero-order valence-electron chi connectivity index (χ0n) is 10.1. The van der Waals surface area contributed by atoms with E-state index in [-0.39, 0.29) is 24.5 Å². The minimum absolute atomic E-state index is 0.246. The van der Waals surface area contributed by atoms with Crippen LogP contribution in [0.5, 0.6) is 5.75 Å². The van der Waals surface area contributed by atoms with Gasteiger partial charge in [-0.25, -0.2) is 9.59 Å². The monoisotopic (exact) mass is 316 g/mol. The normalized spacial score (nSPS) is 9.72. The minimum atomic E-state index is -0.532. The summed E-state index contributed by atoms with van der Waals surface area (Å²) in [5, 5.41) is 0. The largest absolute Gasteiger partial charge is 0.480 e. The Hall–Kier alpha value is -1.56. The number of rotatable bonds is 5. The SMILES string of the molecule is CCOC(=O)COc1c(Br)cccc1C(=O)OC. The number of hydrogen-bond acceptors (Lipinski definition) is 5. The van der Waals surface area contributed by atoms with Crippen LogP contribution in [0.1, 0.15) is 17.3 Å². The van der Waals surface area contributed by atoms with Gasteiger partial charge in [-0.3, -0.25) is 0 Å². The second-order valence-corrected chi connectivity index (χ2v) is 4.06. The molecule has 0 bridgehead atoms. The minimum Gasteiger partial charge on any atom is -0.480 e. The van der Waals surface area contributed by atoms with Crippen molar-refractivity contribution in [2.45, 2.75) is 6.92 Å². The van der Waals surface area contributed by atoms with Crippen molar-refractivity contribution in [2.75, 3.05) is 20.3 Å². The second kappa shape index (κ2) is 7.00. The first kappa shape index (κ1) is 14.5. The van der Waals surface area contributed by atoms with Gasteiger partial charge in [0.15, 0.2) is 6.61 Å². The summed E-state index contributed by atoms with van der Waals surface area (Å²) in [4.78, 5) is 22.7. The van der Waals surface area contributed by atoms with E-state index in [4.69, 9.17) is 9.47 Å². The fraction of sp³-hybridized carbons (Fsp3) is 0.333. The van der Waals surface area contributed by atoms with Crippen LogP contribution in [0, 0.1) is 0 Å². The van der Waals surface area contributed by atoms with Crippen LogP contribution < -0.4 is 4.74 Å². The molecule has 1 aromatic rings. The van der Waals surface area contributed by atoms with Gasteiger partial charge >= 0.3 is 11.9 Å². The van der Waals surface area contributed by atoms with Crippen LogP contribution in [-0.2, 0) is 14.3 Å². The maximum Gasteiger partial charge on any atom is 0.344 e. The zero-order valence-corrected chi connectivity index (χ0v) is 11.7. The summed E-state index contributed by atoms with van der Waals surface area (Å²) in [6.07, 6.45) is 0. The molecular weight excluding hydrogens is 304 g/mol. The highest BCUT2D eigenvalue weighted by atomic mass is 79.9. The van der Waals surface area contributed by atoms with Gasteiger partial charge in [0.25, 0.3) is 0 Å². The van der Waals surface area contributed by atoms with Crippen molar-refractivity contribution in [3.05, 3.63) is 28.2 Å². The molecule has 0 atom stereocenters. The molecule has 0 radical (unpaired) electrons. The molecule has 5 nitrogen and oxygen atoms in total. The second-order valence-electron chi connectivity index (χ2n) is 3.20. The smallest absolute Gasteiger partial charge is 0.344 e. The summed E-state index contributed by atoms with van der Waals surface area (Å²) in [7, 11) is 1.28. The molecule has 0 aliphatic rings. The van der Waals surface area contributed by atoms with E-state index < -0.39 is 11.9 Å². The summed E-state index contributed by atoms with van der Waals surface area (Å²) in [6, 6.07) is 4.93. The molecule has 18 heavy (non-hydrogen) atoms. The highest BCUT2D eigenvalue weighted by Gasteiger charge is 2.17. The summed E-state index contributed by atoms with van der Waals surface area (Å²) in [6.45, 7) is 1.72. The summed E-state index contributed by atoms with van der Waals surface area (Å²) in [5.74, 6) is -0.767.